The first kappa shape index (κ1) is 11.4. The van der Waals surface area contributed by atoms with E-state index in [4.69, 9.17) is 23.2 Å². The summed E-state index contributed by atoms with van der Waals surface area (Å²) in [4.78, 5) is 4.17. The van der Waals surface area contributed by atoms with E-state index < -0.39 is 0 Å². The lowest BCUT2D eigenvalue weighted by Gasteiger charge is -1.98. The van der Waals surface area contributed by atoms with E-state index in [0.717, 1.165) is 9.50 Å². The molecule has 13 heavy (non-hydrogen) atoms. The Balaban J connectivity index is 2.51. The first-order valence-electron chi connectivity index (χ1n) is 3.41. The van der Waals surface area contributed by atoms with Crippen LogP contribution in [0.4, 0.5) is 0 Å². The molecule has 1 rings (SSSR count). The molecule has 0 N–H and O–H groups in total. The van der Waals surface area contributed by atoms with Gasteiger partial charge in [-0.1, -0.05) is 23.2 Å². The predicted octanol–water partition coefficient (Wildman–Crippen LogP) is 4.26. The molecule has 0 amide bonds. The van der Waals surface area contributed by atoms with Gasteiger partial charge >= 0.3 is 0 Å². The van der Waals surface area contributed by atoms with Crippen molar-refractivity contribution in [3.05, 3.63) is 33.4 Å². The lowest BCUT2D eigenvalue weighted by molar-refractivity contribution is 1.13. The number of rotatable bonds is 3. The summed E-state index contributed by atoms with van der Waals surface area (Å²) in [5, 5.41) is 1.55. The number of halogens is 3. The van der Waals surface area contributed by atoms with Gasteiger partial charge in [-0.3, -0.25) is 0 Å². The Morgan fingerprint density at radius 1 is 1.62 bits per heavy atom. The number of thioether (sulfide) groups is 1. The van der Waals surface area contributed by atoms with Gasteiger partial charge in [-0.2, -0.15) is 0 Å². The van der Waals surface area contributed by atoms with E-state index in [2.05, 4.69) is 20.9 Å². The summed E-state index contributed by atoms with van der Waals surface area (Å²) < 4.78 is 0.968. The third-order valence-electron chi connectivity index (χ3n) is 1.18. The fourth-order valence-electron chi connectivity index (χ4n) is 0.622. The quantitative estimate of drug-likeness (QED) is 0.774. The molecule has 0 saturated heterocycles. The maximum absolute atomic E-state index is 5.72. The van der Waals surface area contributed by atoms with Crippen LogP contribution < -0.4 is 0 Å². The summed E-state index contributed by atoms with van der Waals surface area (Å²) in [7, 11) is 0. The van der Waals surface area contributed by atoms with Gasteiger partial charge in [0.2, 0.25) is 0 Å². The molecule has 0 aliphatic carbocycles. The molecular weight excluding hydrogens is 293 g/mol. The molecule has 0 unspecified atom stereocenters. The molecule has 0 radical (unpaired) electrons. The topological polar surface area (TPSA) is 12.9 Å². The Morgan fingerprint density at radius 2 is 2.38 bits per heavy atom. The Labute approximate surface area is 99.7 Å². The maximum Gasteiger partial charge on any atom is 0.0964 e. The second-order valence-electron chi connectivity index (χ2n) is 2.16. The van der Waals surface area contributed by atoms with Gasteiger partial charge in [0.05, 0.1) is 5.03 Å². The van der Waals surface area contributed by atoms with Crippen molar-refractivity contribution >= 4 is 50.9 Å². The molecule has 1 heterocycles. The Hall–Kier alpha value is 0.300. The van der Waals surface area contributed by atoms with Crippen molar-refractivity contribution in [3.63, 3.8) is 0 Å². The molecule has 70 valence electrons. The minimum atomic E-state index is 0.622. The first-order valence-corrected chi connectivity index (χ1v) is 6.01. The van der Waals surface area contributed by atoms with Crippen LogP contribution in [0.1, 0.15) is 0 Å². The summed E-state index contributed by atoms with van der Waals surface area (Å²) in [6.07, 6.45) is 1.75. The van der Waals surface area contributed by atoms with Crippen molar-refractivity contribution in [1.82, 2.24) is 4.98 Å². The second kappa shape index (κ2) is 5.91. The number of pyridine rings is 1. The van der Waals surface area contributed by atoms with Gasteiger partial charge < -0.3 is 0 Å². The standard InChI is InChI=1S/C8H6BrCl2NS/c9-6-1-2-8(12-4-6)13-5-7(11)3-10/h1-4H,5H2/b7-3+. The third kappa shape index (κ3) is 4.36. The van der Waals surface area contributed by atoms with Crippen LogP contribution >= 0.6 is 50.9 Å². The zero-order valence-electron chi connectivity index (χ0n) is 6.51. The Kier molecular flexibility index (Phi) is 5.17. The highest BCUT2D eigenvalue weighted by Crippen LogP contribution is 2.21. The van der Waals surface area contributed by atoms with Crippen LogP contribution in [-0.2, 0) is 0 Å². The van der Waals surface area contributed by atoms with Crippen molar-refractivity contribution in [2.24, 2.45) is 0 Å². The number of hydrogen-bond donors (Lipinski definition) is 0. The smallest absolute Gasteiger partial charge is 0.0964 e. The third-order valence-corrected chi connectivity index (χ3v) is 3.41. The summed E-state index contributed by atoms with van der Waals surface area (Å²) in [5.74, 6) is 0.652. The monoisotopic (exact) mass is 297 g/mol. The van der Waals surface area contributed by atoms with E-state index in [1.807, 2.05) is 12.1 Å². The summed E-state index contributed by atoms with van der Waals surface area (Å²) in [6.45, 7) is 0. The number of nitrogens with zero attached hydrogens (tertiary/aromatic N) is 1. The molecule has 0 saturated carbocycles. The van der Waals surface area contributed by atoms with Crippen LogP contribution in [-0.4, -0.2) is 10.7 Å². The molecule has 0 fully saturated rings. The number of aromatic nitrogens is 1. The van der Waals surface area contributed by atoms with E-state index in [1.165, 1.54) is 5.54 Å². The Bertz CT molecular complexity index is 300. The maximum atomic E-state index is 5.72. The van der Waals surface area contributed by atoms with Crippen LogP contribution in [0.15, 0.2) is 38.4 Å². The highest BCUT2D eigenvalue weighted by atomic mass is 79.9. The molecule has 0 aromatic carbocycles. The summed E-state index contributed by atoms with van der Waals surface area (Å²) >= 11 is 16.0. The lowest BCUT2D eigenvalue weighted by Crippen LogP contribution is -1.81. The fraction of sp³-hybridized carbons (Fsp3) is 0.125. The van der Waals surface area contributed by atoms with Crippen molar-refractivity contribution in [2.75, 3.05) is 5.75 Å². The lowest BCUT2D eigenvalue weighted by atomic mass is 10.5. The molecule has 0 aliphatic heterocycles. The summed E-state index contributed by atoms with van der Waals surface area (Å²) in [5.41, 5.74) is 1.37. The van der Waals surface area contributed by atoms with Gasteiger partial charge in [0.25, 0.3) is 0 Å². The van der Waals surface area contributed by atoms with E-state index in [0.29, 0.717) is 10.8 Å². The second-order valence-corrected chi connectivity index (χ2v) is 4.77. The largest absolute Gasteiger partial charge is 0.249 e. The van der Waals surface area contributed by atoms with Gasteiger partial charge in [0, 0.05) is 27.0 Å². The van der Waals surface area contributed by atoms with Crippen molar-refractivity contribution < 1.29 is 0 Å². The van der Waals surface area contributed by atoms with Crippen LogP contribution in [0, 0.1) is 0 Å². The van der Waals surface area contributed by atoms with Crippen molar-refractivity contribution in [3.8, 4) is 0 Å². The zero-order chi connectivity index (χ0) is 9.68. The molecule has 1 nitrogen and oxygen atoms in total. The molecule has 0 spiro atoms. The van der Waals surface area contributed by atoms with Crippen LogP contribution in [0.25, 0.3) is 0 Å². The SMILES string of the molecule is Cl/C=C(/Cl)CSc1ccc(Br)cn1. The average molecular weight is 299 g/mol. The molecule has 0 atom stereocenters. The van der Waals surface area contributed by atoms with Gasteiger partial charge in [-0.25, -0.2) is 4.98 Å². The van der Waals surface area contributed by atoms with Gasteiger partial charge in [0.1, 0.15) is 0 Å². The van der Waals surface area contributed by atoms with Crippen molar-refractivity contribution in [2.45, 2.75) is 5.03 Å². The Morgan fingerprint density at radius 3 is 2.92 bits per heavy atom. The number of hydrogen-bond acceptors (Lipinski definition) is 2. The molecule has 1 aromatic rings. The zero-order valence-corrected chi connectivity index (χ0v) is 10.4. The van der Waals surface area contributed by atoms with Gasteiger partial charge in [-0.15, -0.1) is 11.8 Å². The van der Waals surface area contributed by atoms with Crippen LogP contribution in [0.2, 0.25) is 0 Å². The van der Waals surface area contributed by atoms with Crippen molar-refractivity contribution in [1.29, 1.82) is 0 Å². The van der Waals surface area contributed by atoms with Crippen LogP contribution in [0.5, 0.6) is 0 Å². The molecule has 0 aliphatic rings. The highest BCUT2D eigenvalue weighted by Gasteiger charge is 1.97. The normalized spacial score (nSPS) is 11.8. The highest BCUT2D eigenvalue weighted by molar-refractivity contribution is 9.10. The van der Waals surface area contributed by atoms with Crippen LogP contribution in [0.3, 0.4) is 0 Å². The van der Waals surface area contributed by atoms with E-state index in [1.54, 1.807) is 18.0 Å². The average Bonchev–Trinajstić information content (AvgIpc) is 2.16. The molecule has 1 aromatic heterocycles. The molecular formula is C8H6BrCl2NS. The minimum absolute atomic E-state index is 0.622. The molecule has 0 bridgehead atoms. The van der Waals surface area contributed by atoms with E-state index in [-0.39, 0.29) is 0 Å². The first-order chi connectivity index (χ1) is 6.22. The summed E-state index contributed by atoms with van der Waals surface area (Å²) in [6, 6.07) is 3.86. The fourth-order valence-corrected chi connectivity index (χ4v) is 1.85. The predicted molar refractivity (Wildman–Crippen MR) is 62.5 cm³/mol. The van der Waals surface area contributed by atoms with Gasteiger partial charge in [0.15, 0.2) is 0 Å². The molecule has 5 heteroatoms. The van der Waals surface area contributed by atoms with Gasteiger partial charge in [-0.05, 0) is 28.1 Å². The van der Waals surface area contributed by atoms with E-state index >= 15 is 0 Å². The van der Waals surface area contributed by atoms with E-state index in [9.17, 15) is 0 Å². The minimum Gasteiger partial charge on any atom is -0.249 e.